The highest BCUT2D eigenvalue weighted by molar-refractivity contribution is 7.89. The average molecular weight is 241 g/mol. The zero-order valence-electron chi connectivity index (χ0n) is 10.2. The van der Waals surface area contributed by atoms with Crippen molar-refractivity contribution >= 4 is 10.0 Å². The average Bonchev–Trinajstić information content (AvgIpc) is 2.20. The van der Waals surface area contributed by atoms with E-state index in [0.29, 0.717) is 4.90 Å². The van der Waals surface area contributed by atoms with Gasteiger partial charge in [0.25, 0.3) is 0 Å². The molecule has 0 unspecified atom stereocenters. The molecule has 0 aliphatic carbocycles. The summed E-state index contributed by atoms with van der Waals surface area (Å²) in [4.78, 5) is 0.382. The van der Waals surface area contributed by atoms with E-state index in [0.717, 1.165) is 17.5 Å². The SMILES string of the molecule is CC[C@@H](C)NS(=O)(=O)c1cc(C)ccc1C. The summed E-state index contributed by atoms with van der Waals surface area (Å²) in [5.74, 6) is 0. The van der Waals surface area contributed by atoms with Crippen LogP contribution in [0.2, 0.25) is 0 Å². The molecular weight excluding hydrogens is 222 g/mol. The van der Waals surface area contributed by atoms with Gasteiger partial charge in [-0.15, -0.1) is 0 Å². The van der Waals surface area contributed by atoms with Crippen LogP contribution >= 0.6 is 0 Å². The van der Waals surface area contributed by atoms with Crippen molar-refractivity contribution in [3.63, 3.8) is 0 Å². The fraction of sp³-hybridized carbons (Fsp3) is 0.500. The molecule has 0 aromatic heterocycles. The molecule has 1 aromatic carbocycles. The zero-order valence-corrected chi connectivity index (χ0v) is 11.1. The van der Waals surface area contributed by atoms with Crippen LogP contribution in [0.1, 0.15) is 31.4 Å². The number of benzene rings is 1. The first-order valence-electron chi connectivity index (χ1n) is 5.46. The number of sulfonamides is 1. The van der Waals surface area contributed by atoms with Gasteiger partial charge in [-0.1, -0.05) is 19.1 Å². The van der Waals surface area contributed by atoms with E-state index in [1.807, 2.05) is 39.8 Å². The summed E-state index contributed by atoms with van der Waals surface area (Å²) in [7, 11) is -3.37. The molecule has 0 spiro atoms. The molecule has 0 aliphatic rings. The Hall–Kier alpha value is -0.870. The smallest absolute Gasteiger partial charge is 0.208 e. The third-order valence-electron chi connectivity index (χ3n) is 2.60. The molecule has 0 heterocycles. The molecule has 0 saturated carbocycles. The minimum atomic E-state index is -3.37. The summed E-state index contributed by atoms with van der Waals surface area (Å²) in [5.41, 5.74) is 1.73. The molecule has 0 fully saturated rings. The number of hydrogen-bond donors (Lipinski definition) is 1. The van der Waals surface area contributed by atoms with Crippen LogP contribution < -0.4 is 4.72 Å². The highest BCUT2D eigenvalue weighted by atomic mass is 32.2. The lowest BCUT2D eigenvalue weighted by Gasteiger charge is -2.14. The summed E-state index contributed by atoms with van der Waals surface area (Å²) in [6, 6.07) is 5.42. The van der Waals surface area contributed by atoms with Crippen LogP contribution in [0.5, 0.6) is 0 Å². The van der Waals surface area contributed by atoms with E-state index in [-0.39, 0.29) is 6.04 Å². The molecular formula is C12H19NO2S. The Kier molecular flexibility index (Phi) is 4.10. The number of rotatable bonds is 4. The molecule has 0 amide bonds. The molecule has 16 heavy (non-hydrogen) atoms. The minimum absolute atomic E-state index is 0.0371. The van der Waals surface area contributed by atoms with Crippen LogP contribution in [0.25, 0.3) is 0 Å². The molecule has 1 N–H and O–H groups in total. The third-order valence-corrected chi connectivity index (χ3v) is 4.33. The molecule has 4 heteroatoms. The summed E-state index contributed by atoms with van der Waals surface area (Å²) in [6.07, 6.45) is 0.782. The zero-order chi connectivity index (χ0) is 12.3. The standard InChI is InChI=1S/C12H19NO2S/c1-5-11(4)13-16(14,15)12-8-9(2)6-7-10(12)3/h6-8,11,13H,5H2,1-4H3/t11-/m1/s1. The topological polar surface area (TPSA) is 46.2 Å². The van der Waals surface area contributed by atoms with Crippen LogP contribution in [0.4, 0.5) is 0 Å². The van der Waals surface area contributed by atoms with E-state index in [1.165, 1.54) is 0 Å². The lowest BCUT2D eigenvalue weighted by molar-refractivity contribution is 0.555. The first kappa shape index (κ1) is 13.2. The fourth-order valence-corrected chi connectivity index (χ4v) is 3.06. The largest absolute Gasteiger partial charge is 0.241 e. The van der Waals surface area contributed by atoms with Gasteiger partial charge in [0.15, 0.2) is 0 Å². The van der Waals surface area contributed by atoms with Crippen molar-refractivity contribution in [1.29, 1.82) is 0 Å². The van der Waals surface area contributed by atoms with Gasteiger partial charge in [-0.05, 0) is 44.4 Å². The normalized spacial score (nSPS) is 13.8. The van der Waals surface area contributed by atoms with Crippen molar-refractivity contribution in [3.05, 3.63) is 29.3 Å². The van der Waals surface area contributed by atoms with Crippen LogP contribution in [0, 0.1) is 13.8 Å². The first-order valence-corrected chi connectivity index (χ1v) is 6.94. The highest BCUT2D eigenvalue weighted by Crippen LogP contribution is 2.17. The molecule has 0 bridgehead atoms. The van der Waals surface area contributed by atoms with Gasteiger partial charge >= 0.3 is 0 Å². The van der Waals surface area contributed by atoms with E-state index in [2.05, 4.69) is 4.72 Å². The Bertz CT molecular complexity index is 466. The lowest BCUT2D eigenvalue weighted by atomic mass is 10.2. The molecule has 1 rings (SSSR count). The molecule has 90 valence electrons. The number of hydrogen-bond acceptors (Lipinski definition) is 2. The van der Waals surface area contributed by atoms with E-state index in [1.54, 1.807) is 6.07 Å². The van der Waals surface area contributed by atoms with Gasteiger partial charge in [-0.25, -0.2) is 13.1 Å². The van der Waals surface area contributed by atoms with Crippen molar-refractivity contribution in [2.45, 2.75) is 45.1 Å². The molecule has 1 aromatic rings. The molecule has 0 saturated heterocycles. The Balaban J connectivity index is 3.12. The second kappa shape index (κ2) is 4.97. The van der Waals surface area contributed by atoms with E-state index >= 15 is 0 Å². The highest BCUT2D eigenvalue weighted by Gasteiger charge is 2.18. The van der Waals surface area contributed by atoms with Gasteiger partial charge in [0.1, 0.15) is 0 Å². The van der Waals surface area contributed by atoms with Gasteiger partial charge in [0.05, 0.1) is 4.90 Å². The Morgan fingerprint density at radius 2 is 1.94 bits per heavy atom. The molecule has 3 nitrogen and oxygen atoms in total. The van der Waals surface area contributed by atoms with Crippen molar-refractivity contribution in [2.75, 3.05) is 0 Å². The van der Waals surface area contributed by atoms with Gasteiger partial charge in [0, 0.05) is 6.04 Å². The quantitative estimate of drug-likeness (QED) is 0.879. The first-order chi connectivity index (χ1) is 7.36. The van der Waals surface area contributed by atoms with Crippen LogP contribution in [0.15, 0.2) is 23.1 Å². The lowest BCUT2D eigenvalue weighted by Crippen LogP contribution is -2.32. The van der Waals surface area contributed by atoms with Crippen molar-refractivity contribution in [2.24, 2.45) is 0 Å². The molecule has 0 radical (unpaired) electrons. The molecule has 1 atom stereocenters. The van der Waals surface area contributed by atoms with Gasteiger partial charge < -0.3 is 0 Å². The van der Waals surface area contributed by atoms with Crippen LogP contribution in [-0.4, -0.2) is 14.5 Å². The second-order valence-electron chi connectivity index (χ2n) is 4.20. The number of nitrogens with one attached hydrogen (secondary N) is 1. The Morgan fingerprint density at radius 3 is 2.50 bits per heavy atom. The van der Waals surface area contributed by atoms with Crippen molar-refractivity contribution in [1.82, 2.24) is 4.72 Å². The summed E-state index contributed by atoms with van der Waals surface area (Å²) in [6.45, 7) is 7.52. The maximum atomic E-state index is 12.1. The maximum Gasteiger partial charge on any atom is 0.241 e. The van der Waals surface area contributed by atoms with E-state index in [4.69, 9.17) is 0 Å². The maximum absolute atomic E-state index is 12.1. The monoisotopic (exact) mass is 241 g/mol. The second-order valence-corrected chi connectivity index (χ2v) is 5.88. The Labute approximate surface area is 97.9 Å². The van der Waals surface area contributed by atoms with E-state index < -0.39 is 10.0 Å². The Morgan fingerprint density at radius 1 is 1.31 bits per heavy atom. The van der Waals surface area contributed by atoms with Gasteiger partial charge in [-0.3, -0.25) is 0 Å². The summed E-state index contributed by atoms with van der Waals surface area (Å²) >= 11 is 0. The van der Waals surface area contributed by atoms with Crippen molar-refractivity contribution in [3.8, 4) is 0 Å². The van der Waals surface area contributed by atoms with Gasteiger partial charge in [-0.2, -0.15) is 0 Å². The van der Waals surface area contributed by atoms with E-state index in [9.17, 15) is 8.42 Å². The number of aryl methyl sites for hydroxylation is 2. The van der Waals surface area contributed by atoms with Gasteiger partial charge in [0.2, 0.25) is 10.0 Å². The fourth-order valence-electron chi connectivity index (χ4n) is 1.41. The summed E-state index contributed by atoms with van der Waals surface area (Å²) in [5, 5.41) is 0. The minimum Gasteiger partial charge on any atom is -0.208 e. The van der Waals surface area contributed by atoms with Crippen molar-refractivity contribution < 1.29 is 8.42 Å². The third kappa shape index (κ3) is 3.06. The predicted molar refractivity (Wildman–Crippen MR) is 66.0 cm³/mol. The summed E-state index contributed by atoms with van der Waals surface area (Å²) < 4.78 is 26.8. The van der Waals surface area contributed by atoms with Crippen LogP contribution in [0.3, 0.4) is 0 Å². The van der Waals surface area contributed by atoms with Crippen LogP contribution in [-0.2, 0) is 10.0 Å². The molecule has 0 aliphatic heterocycles. The predicted octanol–water partition coefficient (Wildman–Crippen LogP) is 2.38.